The number of para-hydroxylation sites is 1. The Balaban J connectivity index is 2.36. The van der Waals surface area contributed by atoms with Crippen molar-refractivity contribution in [1.82, 2.24) is 0 Å². The lowest BCUT2D eigenvalue weighted by molar-refractivity contribution is 0.411. The zero-order chi connectivity index (χ0) is 15.5. The summed E-state index contributed by atoms with van der Waals surface area (Å²) in [7, 11) is -2.11. The van der Waals surface area contributed by atoms with Gasteiger partial charge in [-0.3, -0.25) is 4.72 Å². The second-order valence-corrected chi connectivity index (χ2v) is 7.49. The van der Waals surface area contributed by atoms with Crippen LogP contribution in [0.2, 0.25) is 0 Å². The Morgan fingerprint density at radius 3 is 2.52 bits per heavy atom. The van der Waals surface area contributed by atoms with Crippen molar-refractivity contribution < 1.29 is 13.2 Å². The molecule has 0 radical (unpaired) electrons. The number of thioether (sulfide) groups is 1. The Morgan fingerprint density at radius 1 is 1.19 bits per heavy atom. The van der Waals surface area contributed by atoms with Gasteiger partial charge in [0.05, 0.1) is 22.2 Å². The largest absolute Gasteiger partial charge is 0.496 e. The Morgan fingerprint density at radius 2 is 1.90 bits per heavy atom. The highest BCUT2D eigenvalue weighted by molar-refractivity contribution is 9.10. The summed E-state index contributed by atoms with van der Waals surface area (Å²) in [6.45, 7) is 0. The van der Waals surface area contributed by atoms with E-state index in [0.29, 0.717) is 15.9 Å². The summed E-state index contributed by atoms with van der Waals surface area (Å²) in [6, 6.07) is 11.9. The summed E-state index contributed by atoms with van der Waals surface area (Å²) in [4.78, 5) is 1.04. The molecule has 0 aliphatic rings. The number of nitrogens with one attached hydrogen (secondary N) is 1. The SMILES string of the molecule is COc1ccc(S(=O)(=O)Nc2ccccc2SC)cc1Br. The summed E-state index contributed by atoms with van der Waals surface area (Å²) in [5.41, 5.74) is 0.567. The molecule has 112 valence electrons. The number of halogens is 1. The second-order valence-electron chi connectivity index (χ2n) is 4.10. The van der Waals surface area contributed by atoms with Crippen molar-refractivity contribution in [3.8, 4) is 5.75 Å². The van der Waals surface area contributed by atoms with Crippen LogP contribution in [0.25, 0.3) is 0 Å². The lowest BCUT2D eigenvalue weighted by atomic mass is 10.3. The van der Waals surface area contributed by atoms with Crippen LogP contribution >= 0.6 is 27.7 Å². The molecule has 0 spiro atoms. The van der Waals surface area contributed by atoms with Gasteiger partial charge in [-0.15, -0.1) is 11.8 Å². The van der Waals surface area contributed by atoms with Gasteiger partial charge in [-0.25, -0.2) is 8.42 Å². The van der Waals surface area contributed by atoms with E-state index >= 15 is 0 Å². The van der Waals surface area contributed by atoms with Crippen molar-refractivity contribution in [2.75, 3.05) is 18.1 Å². The van der Waals surface area contributed by atoms with E-state index in [-0.39, 0.29) is 4.90 Å². The van der Waals surface area contributed by atoms with E-state index in [9.17, 15) is 8.42 Å². The molecule has 0 aromatic heterocycles. The molecule has 0 atom stereocenters. The van der Waals surface area contributed by atoms with Crippen molar-refractivity contribution >= 4 is 43.4 Å². The minimum absolute atomic E-state index is 0.172. The molecule has 0 amide bonds. The van der Waals surface area contributed by atoms with Gasteiger partial charge < -0.3 is 4.74 Å². The molecule has 0 fully saturated rings. The minimum atomic E-state index is -3.64. The van der Waals surface area contributed by atoms with Gasteiger partial charge in [0.25, 0.3) is 10.0 Å². The molecule has 0 saturated heterocycles. The first-order chi connectivity index (χ1) is 9.97. The number of methoxy groups -OCH3 is 1. The summed E-state index contributed by atoms with van der Waals surface area (Å²) in [5.74, 6) is 0.582. The van der Waals surface area contributed by atoms with Gasteiger partial charge in [-0.05, 0) is 52.5 Å². The predicted molar refractivity (Wildman–Crippen MR) is 89.7 cm³/mol. The van der Waals surface area contributed by atoms with Gasteiger partial charge in [0, 0.05) is 4.90 Å². The third kappa shape index (κ3) is 3.72. The van der Waals surface area contributed by atoms with Crippen LogP contribution in [-0.4, -0.2) is 21.8 Å². The Hall–Kier alpha value is -1.18. The van der Waals surface area contributed by atoms with Gasteiger partial charge >= 0.3 is 0 Å². The monoisotopic (exact) mass is 387 g/mol. The van der Waals surface area contributed by atoms with Crippen molar-refractivity contribution in [2.45, 2.75) is 9.79 Å². The first-order valence-corrected chi connectivity index (χ1v) is 9.47. The van der Waals surface area contributed by atoms with Crippen LogP contribution < -0.4 is 9.46 Å². The van der Waals surface area contributed by atoms with Crippen LogP contribution in [0.5, 0.6) is 5.75 Å². The van der Waals surface area contributed by atoms with Gasteiger partial charge in [0.1, 0.15) is 5.75 Å². The fraction of sp³-hybridized carbons (Fsp3) is 0.143. The molecule has 4 nitrogen and oxygen atoms in total. The zero-order valence-electron chi connectivity index (χ0n) is 11.5. The van der Waals surface area contributed by atoms with Crippen LogP contribution in [0.3, 0.4) is 0 Å². The molecule has 0 saturated carbocycles. The molecule has 0 heterocycles. The maximum atomic E-state index is 12.4. The summed E-state index contributed by atoms with van der Waals surface area (Å²) in [6.07, 6.45) is 1.90. The highest BCUT2D eigenvalue weighted by Gasteiger charge is 2.17. The van der Waals surface area contributed by atoms with Crippen LogP contribution in [0, 0.1) is 0 Å². The Bertz CT molecular complexity index is 748. The highest BCUT2D eigenvalue weighted by Crippen LogP contribution is 2.30. The number of benzene rings is 2. The summed E-state index contributed by atoms with van der Waals surface area (Å²) >= 11 is 4.78. The van der Waals surface area contributed by atoms with E-state index < -0.39 is 10.0 Å². The van der Waals surface area contributed by atoms with Gasteiger partial charge in [-0.2, -0.15) is 0 Å². The average molecular weight is 388 g/mol. The summed E-state index contributed by atoms with van der Waals surface area (Å²) in [5, 5.41) is 0. The molecule has 7 heteroatoms. The molecule has 0 aliphatic heterocycles. The quantitative estimate of drug-likeness (QED) is 0.788. The standard InChI is InChI=1S/C14H14BrNO3S2/c1-19-13-8-7-10(9-11(13)15)21(17,18)16-12-5-3-4-6-14(12)20-2/h3-9,16H,1-2H3. The van der Waals surface area contributed by atoms with Crippen LogP contribution in [0.1, 0.15) is 0 Å². The smallest absolute Gasteiger partial charge is 0.261 e. The fourth-order valence-electron chi connectivity index (χ4n) is 1.75. The Kier molecular flexibility index (Phi) is 5.18. The van der Waals surface area contributed by atoms with E-state index in [1.807, 2.05) is 18.4 Å². The molecular weight excluding hydrogens is 374 g/mol. The lowest BCUT2D eigenvalue weighted by Gasteiger charge is -2.12. The zero-order valence-corrected chi connectivity index (χ0v) is 14.7. The van der Waals surface area contributed by atoms with E-state index in [1.165, 1.54) is 31.0 Å². The lowest BCUT2D eigenvalue weighted by Crippen LogP contribution is -2.13. The predicted octanol–water partition coefficient (Wildman–Crippen LogP) is 3.98. The molecule has 2 rings (SSSR count). The fourth-order valence-corrected chi connectivity index (χ4v) is 4.16. The first-order valence-electron chi connectivity index (χ1n) is 5.97. The van der Waals surface area contributed by atoms with Crippen LogP contribution in [-0.2, 0) is 10.0 Å². The van der Waals surface area contributed by atoms with Crippen molar-refractivity contribution in [3.63, 3.8) is 0 Å². The van der Waals surface area contributed by atoms with Gasteiger partial charge in [0.15, 0.2) is 0 Å². The number of ether oxygens (including phenoxy) is 1. The number of hydrogen-bond donors (Lipinski definition) is 1. The number of sulfonamides is 1. The number of hydrogen-bond acceptors (Lipinski definition) is 4. The molecule has 21 heavy (non-hydrogen) atoms. The topological polar surface area (TPSA) is 55.4 Å². The third-order valence-corrected chi connectivity index (χ3v) is 5.56. The molecule has 0 unspecified atom stereocenters. The highest BCUT2D eigenvalue weighted by atomic mass is 79.9. The third-order valence-electron chi connectivity index (χ3n) is 2.78. The van der Waals surface area contributed by atoms with Crippen LogP contribution in [0.4, 0.5) is 5.69 Å². The van der Waals surface area contributed by atoms with Crippen LogP contribution in [0.15, 0.2) is 56.7 Å². The molecular formula is C14H14BrNO3S2. The molecule has 1 N–H and O–H groups in total. The van der Waals surface area contributed by atoms with E-state index in [2.05, 4.69) is 20.7 Å². The van der Waals surface area contributed by atoms with E-state index in [1.54, 1.807) is 18.2 Å². The average Bonchev–Trinajstić information content (AvgIpc) is 2.47. The number of anilines is 1. The maximum Gasteiger partial charge on any atom is 0.261 e. The second kappa shape index (κ2) is 6.72. The van der Waals surface area contributed by atoms with Crippen molar-refractivity contribution in [2.24, 2.45) is 0 Å². The molecule has 2 aromatic rings. The maximum absolute atomic E-state index is 12.4. The normalized spacial score (nSPS) is 11.2. The van der Waals surface area contributed by atoms with Gasteiger partial charge in [-0.1, -0.05) is 12.1 Å². The van der Waals surface area contributed by atoms with Gasteiger partial charge in [0.2, 0.25) is 0 Å². The minimum Gasteiger partial charge on any atom is -0.496 e. The molecule has 0 bridgehead atoms. The van der Waals surface area contributed by atoms with Crippen molar-refractivity contribution in [1.29, 1.82) is 0 Å². The van der Waals surface area contributed by atoms with E-state index in [0.717, 1.165) is 4.90 Å². The molecule has 2 aromatic carbocycles. The van der Waals surface area contributed by atoms with E-state index in [4.69, 9.17) is 4.74 Å². The first kappa shape index (κ1) is 16.2. The molecule has 0 aliphatic carbocycles. The Labute approximate surface area is 137 Å². The number of rotatable bonds is 5. The van der Waals surface area contributed by atoms with Crippen molar-refractivity contribution in [3.05, 3.63) is 46.9 Å². The summed E-state index contributed by atoms with van der Waals surface area (Å²) < 4.78 is 33.2.